The van der Waals surface area contributed by atoms with Gasteiger partial charge in [0.15, 0.2) is 5.82 Å². The van der Waals surface area contributed by atoms with Crippen LogP contribution < -0.4 is 4.90 Å². The van der Waals surface area contributed by atoms with Crippen molar-refractivity contribution in [1.82, 2.24) is 14.3 Å². The third-order valence-corrected chi connectivity index (χ3v) is 4.91. The fraction of sp³-hybridized carbons (Fsp3) is 0.562. The van der Waals surface area contributed by atoms with E-state index in [1.165, 1.54) is 18.7 Å². The van der Waals surface area contributed by atoms with Crippen molar-refractivity contribution in [2.24, 2.45) is 0 Å². The molecule has 0 bridgehead atoms. The molecule has 0 radical (unpaired) electrons. The van der Waals surface area contributed by atoms with E-state index in [4.69, 9.17) is 4.98 Å². The van der Waals surface area contributed by atoms with Crippen molar-refractivity contribution in [2.75, 3.05) is 31.6 Å². The van der Waals surface area contributed by atoms with Gasteiger partial charge in [-0.3, -0.25) is 0 Å². The van der Waals surface area contributed by atoms with Crippen LogP contribution >= 0.6 is 15.9 Å². The largest absolute Gasteiger partial charge is 0.351 e. The minimum atomic E-state index is 0.542. The average Bonchev–Trinajstić information content (AvgIpc) is 2.76. The van der Waals surface area contributed by atoms with Crippen molar-refractivity contribution in [3.05, 3.63) is 30.1 Å². The van der Waals surface area contributed by atoms with E-state index in [1.807, 2.05) is 0 Å². The summed E-state index contributed by atoms with van der Waals surface area (Å²) in [5, 5.41) is 0.830. The van der Waals surface area contributed by atoms with Crippen LogP contribution in [0.4, 0.5) is 5.82 Å². The number of fused-ring (bicyclic) bond motifs is 1. The molecular weight excluding hydrogens is 328 g/mol. The number of hydrogen-bond acceptors (Lipinski definition) is 3. The number of nitrogens with zero attached hydrogens (tertiary/aromatic N) is 4. The maximum atomic E-state index is 4.91. The molecule has 2 aromatic rings. The Bertz CT molecular complexity index is 609. The van der Waals surface area contributed by atoms with E-state index in [2.05, 4.69) is 68.5 Å². The quantitative estimate of drug-likeness (QED) is 0.794. The van der Waals surface area contributed by atoms with Gasteiger partial charge in [0.1, 0.15) is 5.65 Å². The van der Waals surface area contributed by atoms with Gasteiger partial charge < -0.3 is 14.2 Å². The lowest BCUT2D eigenvalue weighted by Gasteiger charge is -2.31. The number of halogens is 1. The third kappa shape index (κ3) is 2.81. The Morgan fingerprint density at radius 1 is 1.33 bits per heavy atom. The second-order valence-electron chi connectivity index (χ2n) is 5.82. The molecular formula is C16H23BrN4. The lowest BCUT2D eigenvalue weighted by Crippen LogP contribution is -2.40. The number of likely N-dealkylation sites (N-methyl/N-ethyl adjacent to an activating group) is 1. The lowest BCUT2D eigenvalue weighted by molar-refractivity contribution is 0.327. The molecule has 0 N–H and O–H groups in total. The highest BCUT2D eigenvalue weighted by Crippen LogP contribution is 2.28. The van der Waals surface area contributed by atoms with E-state index in [0.29, 0.717) is 6.04 Å². The van der Waals surface area contributed by atoms with Crippen molar-refractivity contribution in [1.29, 1.82) is 0 Å². The molecule has 1 unspecified atom stereocenters. The Hall–Kier alpha value is -1.07. The molecule has 0 amide bonds. The van der Waals surface area contributed by atoms with Crippen molar-refractivity contribution >= 4 is 27.4 Å². The van der Waals surface area contributed by atoms with Gasteiger partial charge in [0.05, 0.1) is 5.69 Å². The summed E-state index contributed by atoms with van der Waals surface area (Å²) in [6, 6.07) is 6.75. The van der Waals surface area contributed by atoms with E-state index in [1.54, 1.807) is 0 Å². The molecule has 0 aliphatic carbocycles. The minimum Gasteiger partial charge on any atom is -0.351 e. The highest BCUT2D eigenvalue weighted by atomic mass is 79.9. The van der Waals surface area contributed by atoms with Crippen molar-refractivity contribution in [3.63, 3.8) is 0 Å². The SMILES string of the molecule is CCC1CN(C)CCCN1c1nc2ccccn2c1CBr. The van der Waals surface area contributed by atoms with E-state index in [-0.39, 0.29) is 0 Å². The van der Waals surface area contributed by atoms with Crippen LogP contribution in [-0.2, 0) is 5.33 Å². The highest BCUT2D eigenvalue weighted by Gasteiger charge is 2.26. The predicted molar refractivity (Wildman–Crippen MR) is 91.4 cm³/mol. The van der Waals surface area contributed by atoms with Crippen LogP contribution in [0.3, 0.4) is 0 Å². The maximum absolute atomic E-state index is 4.91. The zero-order valence-electron chi connectivity index (χ0n) is 12.8. The molecule has 1 atom stereocenters. The molecule has 0 spiro atoms. The molecule has 114 valence electrons. The van der Waals surface area contributed by atoms with Crippen LogP contribution in [0, 0.1) is 0 Å². The van der Waals surface area contributed by atoms with E-state index in [9.17, 15) is 0 Å². The first kappa shape index (κ1) is 14.9. The van der Waals surface area contributed by atoms with Gasteiger partial charge in [0.25, 0.3) is 0 Å². The number of anilines is 1. The maximum Gasteiger partial charge on any atom is 0.152 e. The zero-order chi connectivity index (χ0) is 14.8. The molecule has 2 aromatic heterocycles. The molecule has 0 saturated carbocycles. The summed E-state index contributed by atoms with van der Waals surface area (Å²) in [6.45, 7) is 5.66. The van der Waals surface area contributed by atoms with Gasteiger partial charge >= 0.3 is 0 Å². The molecule has 1 saturated heterocycles. The highest BCUT2D eigenvalue weighted by molar-refractivity contribution is 9.08. The monoisotopic (exact) mass is 350 g/mol. The summed E-state index contributed by atoms with van der Waals surface area (Å²) in [6.07, 6.45) is 4.45. The molecule has 3 rings (SSSR count). The van der Waals surface area contributed by atoms with Crippen LogP contribution in [-0.4, -0.2) is 47.0 Å². The zero-order valence-corrected chi connectivity index (χ0v) is 14.4. The van der Waals surface area contributed by atoms with Gasteiger partial charge in [-0.2, -0.15) is 0 Å². The molecule has 0 aromatic carbocycles. The number of imidazole rings is 1. The third-order valence-electron chi connectivity index (χ3n) is 4.38. The summed E-state index contributed by atoms with van der Waals surface area (Å²) in [4.78, 5) is 9.88. The van der Waals surface area contributed by atoms with Gasteiger partial charge in [-0.15, -0.1) is 0 Å². The van der Waals surface area contributed by atoms with Crippen LogP contribution in [0.5, 0.6) is 0 Å². The van der Waals surface area contributed by atoms with Gasteiger partial charge in [-0.1, -0.05) is 28.9 Å². The summed E-state index contributed by atoms with van der Waals surface area (Å²) in [5.74, 6) is 1.15. The number of hydrogen-bond donors (Lipinski definition) is 0. The van der Waals surface area contributed by atoms with Gasteiger partial charge in [0.2, 0.25) is 0 Å². The Kier molecular flexibility index (Phi) is 4.50. The molecule has 1 aliphatic rings. The van der Waals surface area contributed by atoms with Gasteiger partial charge in [-0.05, 0) is 38.6 Å². The van der Waals surface area contributed by atoms with Crippen molar-refractivity contribution < 1.29 is 0 Å². The van der Waals surface area contributed by atoms with Crippen LogP contribution in [0.1, 0.15) is 25.5 Å². The van der Waals surface area contributed by atoms with Gasteiger partial charge in [-0.25, -0.2) is 4.98 Å². The first-order valence-electron chi connectivity index (χ1n) is 7.71. The number of alkyl halides is 1. The normalized spacial score (nSPS) is 20.9. The molecule has 3 heterocycles. The van der Waals surface area contributed by atoms with E-state index < -0.39 is 0 Å². The van der Waals surface area contributed by atoms with Crippen molar-refractivity contribution in [2.45, 2.75) is 31.1 Å². The molecule has 4 nitrogen and oxygen atoms in total. The fourth-order valence-electron chi connectivity index (χ4n) is 3.26. The molecule has 21 heavy (non-hydrogen) atoms. The first-order valence-corrected chi connectivity index (χ1v) is 8.83. The Balaban J connectivity index is 2.05. The second-order valence-corrected chi connectivity index (χ2v) is 6.38. The minimum absolute atomic E-state index is 0.542. The molecule has 1 fully saturated rings. The Labute approximate surface area is 134 Å². The molecule has 5 heteroatoms. The predicted octanol–water partition coefficient (Wildman–Crippen LogP) is 3.15. The Morgan fingerprint density at radius 2 is 2.19 bits per heavy atom. The first-order chi connectivity index (χ1) is 10.2. The smallest absolute Gasteiger partial charge is 0.152 e. The number of aromatic nitrogens is 2. The van der Waals surface area contributed by atoms with E-state index >= 15 is 0 Å². The van der Waals surface area contributed by atoms with Crippen LogP contribution in [0.15, 0.2) is 24.4 Å². The summed E-state index contributed by atoms with van der Waals surface area (Å²) < 4.78 is 2.20. The topological polar surface area (TPSA) is 23.8 Å². The fourth-order valence-corrected chi connectivity index (χ4v) is 3.78. The number of pyridine rings is 1. The van der Waals surface area contributed by atoms with Crippen LogP contribution in [0.25, 0.3) is 5.65 Å². The van der Waals surface area contributed by atoms with Crippen molar-refractivity contribution in [3.8, 4) is 0 Å². The van der Waals surface area contributed by atoms with Crippen LogP contribution in [0.2, 0.25) is 0 Å². The lowest BCUT2D eigenvalue weighted by atomic mass is 10.2. The Morgan fingerprint density at radius 3 is 2.95 bits per heavy atom. The number of rotatable bonds is 3. The summed E-state index contributed by atoms with van der Waals surface area (Å²) >= 11 is 3.65. The van der Waals surface area contributed by atoms with E-state index in [0.717, 1.165) is 36.3 Å². The van der Waals surface area contributed by atoms with Gasteiger partial charge in [0, 0.05) is 30.7 Å². The summed E-state index contributed by atoms with van der Waals surface area (Å²) in [7, 11) is 2.22. The standard InChI is InChI=1S/C16H23BrN4/c1-3-13-12-19(2)8-6-10-20(13)16-14(11-17)21-9-5-4-7-15(21)18-16/h4-5,7,9,13H,3,6,8,10-12H2,1-2H3. The second kappa shape index (κ2) is 6.36. The summed E-state index contributed by atoms with van der Waals surface area (Å²) in [5.41, 5.74) is 2.29. The molecule has 1 aliphatic heterocycles. The average molecular weight is 351 g/mol.